The van der Waals surface area contributed by atoms with Gasteiger partial charge in [-0.2, -0.15) is 5.10 Å². The molecule has 5 rings (SSSR count). The van der Waals surface area contributed by atoms with Crippen LogP contribution in [-0.4, -0.2) is 58.9 Å². The fraction of sp³-hybridized carbons (Fsp3) is 0.357. The van der Waals surface area contributed by atoms with E-state index < -0.39 is 0 Å². The summed E-state index contributed by atoms with van der Waals surface area (Å²) in [4.78, 5) is 26.3. The largest absolute Gasteiger partial charge is 0.370 e. The highest BCUT2D eigenvalue weighted by Gasteiger charge is 2.17. The van der Waals surface area contributed by atoms with Gasteiger partial charge in [0.15, 0.2) is 5.69 Å². The molecular formula is C28H33N7O. The summed E-state index contributed by atoms with van der Waals surface area (Å²) in [5, 5.41) is 11.0. The molecule has 0 bridgehead atoms. The molecular weight excluding hydrogens is 450 g/mol. The van der Waals surface area contributed by atoms with Crippen molar-refractivity contribution in [3.8, 4) is 0 Å². The highest BCUT2D eigenvalue weighted by Crippen LogP contribution is 2.26. The molecule has 0 aliphatic carbocycles. The van der Waals surface area contributed by atoms with Crippen molar-refractivity contribution in [2.75, 3.05) is 36.4 Å². The number of allylic oxidation sites excluding steroid dienone is 2. The van der Waals surface area contributed by atoms with E-state index in [-0.39, 0.29) is 5.91 Å². The fourth-order valence-electron chi connectivity index (χ4n) is 4.98. The van der Waals surface area contributed by atoms with Crippen LogP contribution < -0.4 is 10.2 Å². The Morgan fingerprint density at radius 1 is 1.08 bits per heavy atom. The molecule has 4 heterocycles. The van der Waals surface area contributed by atoms with Gasteiger partial charge >= 0.3 is 0 Å². The number of H-pyrrole nitrogens is 1. The quantitative estimate of drug-likeness (QED) is 0.354. The van der Waals surface area contributed by atoms with Crippen LogP contribution >= 0.6 is 0 Å². The predicted molar refractivity (Wildman–Crippen MR) is 146 cm³/mol. The van der Waals surface area contributed by atoms with Crippen LogP contribution in [0.15, 0.2) is 59.5 Å². The lowest BCUT2D eigenvalue weighted by Crippen LogP contribution is -2.28. The molecule has 0 radical (unpaired) electrons. The Morgan fingerprint density at radius 2 is 1.86 bits per heavy atom. The van der Waals surface area contributed by atoms with E-state index in [2.05, 4.69) is 55.0 Å². The van der Waals surface area contributed by atoms with Crippen molar-refractivity contribution in [1.29, 1.82) is 0 Å². The number of carbonyl (C=O) groups is 1. The molecule has 2 N–H and O–H groups in total. The summed E-state index contributed by atoms with van der Waals surface area (Å²) in [5.41, 5.74) is 5.02. The van der Waals surface area contributed by atoms with Crippen LogP contribution in [-0.2, 0) is 0 Å². The molecule has 0 atom stereocenters. The number of hydrogen-bond donors (Lipinski definition) is 2. The number of aromatic amines is 1. The van der Waals surface area contributed by atoms with Gasteiger partial charge in [0.05, 0.1) is 23.1 Å². The Labute approximate surface area is 211 Å². The monoisotopic (exact) mass is 483 g/mol. The van der Waals surface area contributed by atoms with Gasteiger partial charge in [-0.3, -0.25) is 14.9 Å². The molecule has 8 heteroatoms. The van der Waals surface area contributed by atoms with Crippen molar-refractivity contribution in [2.45, 2.75) is 39.0 Å². The Kier molecular flexibility index (Phi) is 7.11. The lowest BCUT2D eigenvalue weighted by molar-refractivity contribution is 0.102. The van der Waals surface area contributed by atoms with E-state index in [9.17, 15) is 4.79 Å². The van der Waals surface area contributed by atoms with Gasteiger partial charge < -0.3 is 15.1 Å². The van der Waals surface area contributed by atoms with E-state index in [0.717, 1.165) is 59.7 Å². The minimum absolute atomic E-state index is 0.263. The first-order chi connectivity index (χ1) is 17.6. The van der Waals surface area contributed by atoms with E-state index in [1.165, 1.54) is 32.1 Å². The summed E-state index contributed by atoms with van der Waals surface area (Å²) in [5.74, 6) is 0.688. The highest BCUT2D eigenvalue weighted by molar-refractivity contribution is 6.11. The van der Waals surface area contributed by atoms with E-state index in [1.807, 2.05) is 36.5 Å². The Hall–Kier alpha value is -3.94. The average Bonchev–Trinajstić information content (AvgIpc) is 3.59. The molecule has 186 valence electrons. The zero-order valence-electron chi connectivity index (χ0n) is 20.8. The van der Waals surface area contributed by atoms with Crippen LogP contribution in [0.4, 0.5) is 11.5 Å². The smallest absolute Gasteiger partial charge is 0.276 e. The Morgan fingerprint density at radius 3 is 2.58 bits per heavy atom. The normalized spacial score (nSPS) is 17.0. The Balaban J connectivity index is 1.35. The number of nitrogens with one attached hydrogen (secondary N) is 2. The predicted octanol–water partition coefficient (Wildman–Crippen LogP) is 5.24. The van der Waals surface area contributed by atoms with Crippen molar-refractivity contribution in [2.24, 2.45) is 4.99 Å². The summed E-state index contributed by atoms with van der Waals surface area (Å²) in [6, 6.07) is 9.89. The molecule has 8 nitrogen and oxygen atoms in total. The molecule has 3 aromatic rings. The zero-order valence-corrected chi connectivity index (χ0v) is 20.8. The number of benzene rings is 1. The van der Waals surface area contributed by atoms with Crippen molar-refractivity contribution >= 4 is 40.6 Å². The topological polar surface area (TPSA) is 89.5 Å². The number of fused-ring (bicyclic) bond motifs is 1. The zero-order chi connectivity index (χ0) is 24.9. The number of nitrogens with zero attached hydrogens (tertiary/aromatic N) is 5. The summed E-state index contributed by atoms with van der Waals surface area (Å²) >= 11 is 0. The second-order valence-electron chi connectivity index (χ2n) is 9.50. The first-order valence-electron chi connectivity index (χ1n) is 12.7. The number of aromatic nitrogens is 3. The molecule has 0 spiro atoms. The van der Waals surface area contributed by atoms with Crippen molar-refractivity contribution in [1.82, 2.24) is 20.1 Å². The third-order valence-electron chi connectivity index (χ3n) is 6.98. The van der Waals surface area contributed by atoms with Gasteiger partial charge in [0.2, 0.25) is 0 Å². The van der Waals surface area contributed by atoms with Gasteiger partial charge in [-0.05, 0) is 87.2 Å². The number of likely N-dealkylation sites (tertiary alicyclic amines) is 1. The summed E-state index contributed by atoms with van der Waals surface area (Å²) in [6.45, 7) is 9.87. The molecule has 1 aromatic carbocycles. The lowest BCUT2D eigenvalue weighted by Gasteiger charge is -2.29. The standard InChI is InChI=1S/C28H33N7O/c1-20(16-23(19-29-2)34-12-4-3-5-13-34)21-8-10-25-24(17-21)27(33-32-25)28(36)31-22-9-11-26(30-18-22)35-14-6-7-15-35/h8-11,16-19H,2-7,12-15H2,1H3,(H,31,36)(H,32,33)/b20-16+,23-19+. The maximum absolute atomic E-state index is 13.1. The summed E-state index contributed by atoms with van der Waals surface area (Å²) in [7, 11) is 0. The van der Waals surface area contributed by atoms with E-state index in [1.54, 1.807) is 6.20 Å². The van der Waals surface area contributed by atoms with Gasteiger partial charge in [0.1, 0.15) is 5.82 Å². The minimum atomic E-state index is -0.263. The second-order valence-corrected chi connectivity index (χ2v) is 9.50. The average molecular weight is 484 g/mol. The van der Waals surface area contributed by atoms with Crippen LogP contribution in [0.25, 0.3) is 16.5 Å². The number of rotatable bonds is 7. The molecule has 2 saturated heterocycles. The highest BCUT2D eigenvalue weighted by atomic mass is 16.1. The molecule has 2 fully saturated rings. The maximum atomic E-state index is 13.1. The third-order valence-corrected chi connectivity index (χ3v) is 6.98. The SMILES string of the molecule is C=N/C=C(\C=C(/C)c1ccc2[nH]nc(C(=O)Nc3ccc(N4CCCC4)nc3)c2c1)N1CCCCC1. The number of pyridine rings is 1. The molecule has 2 aliphatic heterocycles. The minimum Gasteiger partial charge on any atom is -0.370 e. The second kappa shape index (κ2) is 10.8. The summed E-state index contributed by atoms with van der Waals surface area (Å²) in [6.07, 6.45) is 11.7. The van der Waals surface area contributed by atoms with Crippen molar-refractivity contribution in [3.63, 3.8) is 0 Å². The maximum Gasteiger partial charge on any atom is 0.276 e. The van der Waals surface area contributed by atoms with Gasteiger partial charge in [-0.25, -0.2) is 4.98 Å². The number of carbonyl (C=O) groups excluding carboxylic acids is 1. The first-order valence-corrected chi connectivity index (χ1v) is 12.7. The number of piperidine rings is 1. The molecule has 0 saturated carbocycles. The van der Waals surface area contributed by atoms with Crippen LogP contribution in [0, 0.1) is 0 Å². The van der Waals surface area contributed by atoms with E-state index in [0.29, 0.717) is 11.4 Å². The van der Waals surface area contributed by atoms with Crippen LogP contribution in [0.2, 0.25) is 0 Å². The first kappa shape index (κ1) is 23.8. The third kappa shape index (κ3) is 5.17. The fourth-order valence-corrected chi connectivity index (χ4v) is 4.98. The molecule has 0 unspecified atom stereocenters. The molecule has 2 aromatic heterocycles. The number of hydrogen-bond acceptors (Lipinski definition) is 6. The lowest BCUT2D eigenvalue weighted by atomic mass is 10.0. The number of aliphatic imine (C=N–C) groups is 1. The number of amides is 1. The Bertz CT molecular complexity index is 1290. The van der Waals surface area contributed by atoms with Gasteiger partial charge in [0.25, 0.3) is 5.91 Å². The van der Waals surface area contributed by atoms with Gasteiger partial charge in [0, 0.05) is 37.8 Å². The summed E-state index contributed by atoms with van der Waals surface area (Å²) < 4.78 is 0. The van der Waals surface area contributed by atoms with E-state index in [4.69, 9.17) is 0 Å². The number of anilines is 2. The van der Waals surface area contributed by atoms with Crippen LogP contribution in [0.3, 0.4) is 0 Å². The van der Waals surface area contributed by atoms with Gasteiger partial charge in [-0.1, -0.05) is 6.07 Å². The van der Waals surface area contributed by atoms with Crippen LogP contribution in [0.1, 0.15) is 55.1 Å². The molecule has 1 amide bonds. The van der Waals surface area contributed by atoms with Gasteiger partial charge in [-0.15, -0.1) is 0 Å². The molecule has 36 heavy (non-hydrogen) atoms. The van der Waals surface area contributed by atoms with Crippen LogP contribution in [0.5, 0.6) is 0 Å². The van der Waals surface area contributed by atoms with Crippen molar-refractivity contribution < 1.29 is 4.79 Å². The van der Waals surface area contributed by atoms with E-state index >= 15 is 0 Å². The molecule has 2 aliphatic rings. The van der Waals surface area contributed by atoms with Crippen molar-refractivity contribution in [3.05, 3.63) is 65.8 Å².